The summed E-state index contributed by atoms with van der Waals surface area (Å²) in [6.45, 7) is 0.647. The minimum absolute atomic E-state index is 0.0526. The lowest BCUT2D eigenvalue weighted by Crippen LogP contribution is -2.41. The van der Waals surface area contributed by atoms with Crippen LogP contribution in [0.1, 0.15) is 30.6 Å². The second-order valence-corrected chi connectivity index (χ2v) is 6.44. The van der Waals surface area contributed by atoms with E-state index in [1.807, 2.05) is 20.2 Å². The molecule has 1 spiro atoms. The van der Waals surface area contributed by atoms with Crippen molar-refractivity contribution in [3.05, 3.63) is 29.5 Å². The second-order valence-electron chi connectivity index (χ2n) is 6.44. The van der Waals surface area contributed by atoms with Crippen LogP contribution in [0.3, 0.4) is 0 Å². The van der Waals surface area contributed by atoms with E-state index in [1.165, 1.54) is 12.0 Å². The first kappa shape index (κ1) is 15.2. The normalized spacial score (nSPS) is 19.2. The van der Waals surface area contributed by atoms with Gasteiger partial charge in [-0.15, -0.1) is 0 Å². The van der Waals surface area contributed by atoms with Gasteiger partial charge < -0.3 is 19.9 Å². The van der Waals surface area contributed by atoms with E-state index >= 15 is 0 Å². The summed E-state index contributed by atoms with van der Waals surface area (Å²) in [5.74, 6) is 2.69. The number of fused-ring (bicyclic) bond motifs is 2. The molecule has 0 amide bonds. The van der Waals surface area contributed by atoms with Crippen LogP contribution in [0.15, 0.2) is 27.7 Å². The number of amidine groups is 1. The monoisotopic (exact) mass is 326 g/mol. The van der Waals surface area contributed by atoms with Crippen LogP contribution in [-0.2, 0) is 12.0 Å². The molecule has 1 aliphatic carbocycles. The highest BCUT2D eigenvalue weighted by Gasteiger charge is 2.49. The van der Waals surface area contributed by atoms with Crippen LogP contribution in [-0.4, -0.2) is 32.2 Å². The van der Waals surface area contributed by atoms with E-state index in [-0.39, 0.29) is 5.41 Å². The number of ether oxygens (including phenoxy) is 1. The highest BCUT2D eigenvalue weighted by molar-refractivity contribution is 6.11. The molecule has 0 radical (unpaired) electrons. The number of nitrogens with zero attached hydrogens (tertiary/aromatic N) is 2. The summed E-state index contributed by atoms with van der Waals surface area (Å²) in [5.41, 5.74) is 4.16. The van der Waals surface area contributed by atoms with Gasteiger partial charge in [-0.05, 0) is 37.6 Å². The van der Waals surface area contributed by atoms with Crippen molar-refractivity contribution < 1.29 is 9.26 Å². The van der Waals surface area contributed by atoms with E-state index in [0.29, 0.717) is 6.54 Å². The van der Waals surface area contributed by atoms with Crippen molar-refractivity contribution in [3.63, 3.8) is 0 Å². The molecule has 1 fully saturated rings. The molecule has 2 heterocycles. The van der Waals surface area contributed by atoms with Crippen LogP contribution in [0.4, 0.5) is 5.69 Å². The number of benzene rings is 1. The molecule has 6 nitrogen and oxygen atoms in total. The zero-order valence-corrected chi connectivity index (χ0v) is 14.3. The number of aromatic nitrogens is 1. The van der Waals surface area contributed by atoms with Crippen LogP contribution < -0.4 is 15.4 Å². The molecule has 2 N–H and O–H groups in total. The van der Waals surface area contributed by atoms with E-state index in [9.17, 15) is 0 Å². The summed E-state index contributed by atoms with van der Waals surface area (Å²) < 4.78 is 11.0. The van der Waals surface area contributed by atoms with Gasteiger partial charge in [0.05, 0.1) is 19.1 Å². The fourth-order valence-corrected chi connectivity index (χ4v) is 3.83. The number of aliphatic imine (C=N–C) groups is 1. The van der Waals surface area contributed by atoms with E-state index in [0.717, 1.165) is 47.1 Å². The van der Waals surface area contributed by atoms with Gasteiger partial charge in [-0.2, -0.15) is 0 Å². The Labute approximate surface area is 141 Å². The maximum absolute atomic E-state index is 5.66. The Balaban J connectivity index is 1.80. The molecule has 0 unspecified atom stereocenters. The summed E-state index contributed by atoms with van der Waals surface area (Å²) in [5, 5.41) is 10.8. The number of methoxy groups -OCH3 is 1. The fraction of sp³-hybridized carbons (Fsp3) is 0.444. The lowest BCUT2D eigenvalue weighted by atomic mass is 9.65. The number of hydrogen-bond donors (Lipinski definition) is 2. The van der Waals surface area contributed by atoms with Gasteiger partial charge in [0.2, 0.25) is 0 Å². The van der Waals surface area contributed by atoms with Gasteiger partial charge in [-0.1, -0.05) is 11.6 Å². The Bertz CT molecular complexity index is 805. The van der Waals surface area contributed by atoms with Gasteiger partial charge in [-0.3, -0.25) is 4.99 Å². The Morgan fingerprint density at radius 3 is 2.83 bits per heavy atom. The van der Waals surface area contributed by atoms with Crippen molar-refractivity contribution in [2.75, 3.05) is 26.5 Å². The van der Waals surface area contributed by atoms with Gasteiger partial charge in [0.25, 0.3) is 0 Å². The minimum atomic E-state index is 0.0526. The number of nitrogens with one attached hydrogen (secondary N) is 2. The lowest BCUT2D eigenvalue weighted by molar-refractivity contribution is 0.344. The number of rotatable bonds is 4. The van der Waals surface area contributed by atoms with E-state index in [1.54, 1.807) is 7.11 Å². The van der Waals surface area contributed by atoms with Crippen LogP contribution in [0, 0.1) is 0 Å². The van der Waals surface area contributed by atoms with Crippen molar-refractivity contribution in [1.29, 1.82) is 0 Å². The summed E-state index contributed by atoms with van der Waals surface area (Å²) >= 11 is 0. The summed E-state index contributed by atoms with van der Waals surface area (Å²) in [6.07, 6.45) is 3.51. The third-order valence-corrected chi connectivity index (χ3v) is 5.18. The first-order chi connectivity index (χ1) is 11.7. The molecule has 1 aromatic heterocycles. The molecule has 2 aromatic rings. The molecule has 4 rings (SSSR count). The highest BCUT2D eigenvalue weighted by Crippen LogP contribution is 2.53. The lowest BCUT2D eigenvalue weighted by Gasteiger charge is -2.38. The highest BCUT2D eigenvalue weighted by atomic mass is 16.5. The van der Waals surface area contributed by atoms with Crippen molar-refractivity contribution in [1.82, 2.24) is 10.5 Å². The minimum Gasteiger partial charge on any atom is -0.496 e. The summed E-state index contributed by atoms with van der Waals surface area (Å²) in [4.78, 5) is 4.49. The van der Waals surface area contributed by atoms with Crippen molar-refractivity contribution >= 4 is 11.5 Å². The Morgan fingerprint density at radius 2 is 2.21 bits per heavy atom. The topological polar surface area (TPSA) is 71.7 Å². The molecule has 0 bridgehead atoms. The van der Waals surface area contributed by atoms with Gasteiger partial charge in [-0.25, -0.2) is 0 Å². The zero-order chi connectivity index (χ0) is 16.7. The molecule has 1 saturated carbocycles. The number of hydrogen-bond acceptors (Lipinski definition) is 5. The maximum atomic E-state index is 5.66. The van der Waals surface area contributed by atoms with E-state index in [2.05, 4.69) is 32.9 Å². The average molecular weight is 326 g/mol. The third kappa shape index (κ3) is 2.06. The standard InChI is InChI=1S/C18H22N4O2/c1-19-10-11-7-14(22-24-11)12-8-15-13(9-16(12)23-3)18(5-4-6-18)17(20-2)21-15/h7-9,19H,4-6,10H2,1-3H3,(H,20,21). The van der Waals surface area contributed by atoms with E-state index < -0.39 is 0 Å². The molecule has 2 aliphatic rings. The molecule has 126 valence electrons. The molecule has 0 saturated heterocycles. The van der Waals surface area contributed by atoms with Crippen molar-refractivity contribution in [3.8, 4) is 17.0 Å². The Hall–Kier alpha value is -2.34. The Kier molecular flexibility index (Phi) is 3.57. The largest absolute Gasteiger partial charge is 0.496 e. The fourth-order valence-electron chi connectivity index (χ4n) is 3.83. The first-order valence-corrected chi connectivity index (χ1v) is 8.29. The first-order valence-electron chi connectivity index (χ1n) is 8.29. The van der Waals surface area contributed by atoms with Crippen LogP contribution in [0.2, 0.25) is 0 Å². The SMILES string of the molecule is CN=C1Nc2cc(-c3cc(CNC)on3)c(OC)cc2C12CCC2. The smallest absolute Gasteiger partial charge is 0.151 e. The molecular formula is C18H22N4O2. The van der Waals surface area contributed by atoms with Gasteiger partial charge in [0.15, 0.2) is 5.76 Å². The third-order valence-electron chi connectivity index (χ3n) is 5.18. The van der Waals surface area contributed by atoms with Crippen molar-refractivity contribution in [2.24, 2.45) is 4.99 Å². The predicted molar refractivity (Wildman–Crippen MR) is 93.8 cm³/mol. The van der Waals surface area contributed by atoms with Crippen LogP contribution in [0.5, 0.6) is 5.75 Å². The molecule has 24 heavy (non-hydrogen) atoms. The quantitative estimate of drug-likeness (QED) is 0.904. The molecule has 0 atom stereocenters. The van der Waals surface area contributed by atoms with Crippen LogP contribution >= 0.6 is 0 Å². The molecular weight excluding hydrogens is 304 g/mol. The van der Waals surface area contributed by atoms with Crippen molar-refractivity contribution in [2.45, 2.75) is 31.2 Å². The van der Waals surface area contributed by atoms with Gasteiger partial charge in [0, 0.05) is 24.4 Å². The van der Waals surface area contributed by atoms with Crippen LogP contribution in [0.25, 0.3) is 11.3 Å². The summed E-state index contributed by atoms with van der Waals surface area (Å²) in [7, 11) is 5.43. The average Bonchev–Trinajstić information content (AvgIpc) is 3.14. The zero-order valence-electron chi connectivity index (χ0n) is 14.3. The molecule has 1 aromatic carbocycles. The summed E-state index contributed by atoms with van der Waals surface area (Å²) in [6, 6.07) is 6.19. The molecule has 1 aliphatic heterocycles. The number of anilines is 1. The maximum Gasteiger partial charge on any atom is 0.151 e. The van der Waals surface area contributed by atoms with Gasteiger partial charge in [0.1, 0.15) is 17.3 Å². The molecule has 6 heteroatoms. The second kappa shape index (κ2) is 5.63. The van der Waals surface area contributed by atoms with E-state index in [4.69, 9.17) is 9.26 Å². The predicted octanol–water partition coefficient (Wildman–Crippen LogP) is 2.95. The Morgan fingerprint density at radius 1 is 1.38 bits per heavy atom. The van der Waals surface area contributed by atoms with Gasteiger partial charge >= 0.3 is 0 Å².